The van der Waals surface area contributed by atoms with E-state index in [1.807, 2.05) is 158 Å². The van der Waals surface area contributed by atoms with Crippen molar-refractivity contribution >= 4 is 117 Å². The summed E-state index contributed by atoms with van der Waals surface area (Å²) in [4.78, 5) is 90.6. The van der Waals surface area contributed by atoms with Crippen LogP contribution in [-0.2, 0) is 4.79 Å². The quantitative estimate of drug-likeness (QED) is 0.0732. The van der Waals surface area contributed by atoms with Gasteiger partial charge in [-0.15, -0.1) is 0 Å². The number of aliphatic carboxylic acids is 1. The largest absolute Gasteiger partial charge is 0.477 e. The Morgan fingerprint density at radius 1 is 0.292 bits per heavy atom. The fraction of sp³-hybridized carbons (Fsp3) is 0. The highest BCUT2D eigenvalue weighted by molar-refractivity contribution is 6.09. The molecule has 0 saturated heterocycles. The summed E-state index contributed by atoms with van der Waals surface area (Å²) in [5.74, 6) is 2.76. The number of H-pyrrole nitrogens is 4. The number of carbonyl (C=O) groups is 1. The topological polar surface area (TPSA) is 282 Å². The SMILES string of the molecule is N#C/C(=C\c1ccc(N(c2ccc(-c3ccc4c(c3)-c3nc-4nc4[nH]c(nc5nc(nc6[nH]c(n3)c3ccccc63)-c3ccccc3-5)c3ccccc43)cc2)c2ccc(-c3ccc4c(c3)-c3nc-4nc4[nH]c(nc5nc(nc6[nH]c(n3)c3ccccc63)-c3ccccc3-5)c3ccccc43)cc2)cc1)C(=O)O. The van der Waals surface area contributed by atoms with Crippen LogP contribution in [0.1, 0.15) is 5.56 Å². The van der Waals surface area contributed by atoms with Gasteiger partial charge in [-0.1, -0.05) is 194 Å². The molecule has 5 N–H and O–H groups in total. The van der Waals surface area contributed by atoms with Gasteiger partial charge in [0.2, 0.25) is 0 Å². The first-order valence-electron chi connectivity index (χ1n) is 34.2. The molecule has 20 nitrogen and oxygen atoms in total. The summed E-state index contributed by atoms with van der Waals surface area (Å²) < 4.78 is 0. The zero-order chi connectivity index (χ0) is 70.3. The van der Waals surface area contributed by atoms with Crippen LogP contribution in [0, 0.1) is 11.3 Å². The first-order chi connectivity index (χ1) is 52.2. The molecule has 106 heavy (non-hydrogen) atoms. The van der Waals surface area contributed by atoms with E-state index in [4.69, 9.17) is 59.8 Å². The third kappa shape index (κ3) is 9.72. The van der Waals surface area contributed by atoms with Gasteiger partial charge in [-0.05, 0) is 94.6 Å². The maximum absolute atomic E-state index is 12.0. The predicted molar refractivity (Wildman–Crippen MR) is 412 cm³/mol. The summed E-state index contributed by atoms with van der Waals surface area (Å²) in [5.41, 5.74) is 17.8. The van der Waals surface area contributed by atoms with E-state index in [9.17, 15) is 15.2 Å². The normalized spacial score (nSPS) is 12.1. The fourth-order valence-electron chi connectivity index (χ4n) is 14.7. The van der Waals surface area contributed by atoms with Gasteiger partial charge in [0.1, 0.15) is 56.8 Å². The van der Waals surface area contributed by atoms with Gasteiger partial charge < -0.3 is 29.9 Å². The van der Waals surface area contributed by atoms with Gasteiger partial charge in [-0.3, -0.25) is 0 Å². The highest BCUT2D eigenvalue weighted by atomic mass is 16.4. The number of hydrogen-bond acceptors (Lipinski definition) is 15. The van der Waals surface area contributed by atoms with Crippen molar-refractivity contribution in [1.29, 1.82) is 5.26 Å². The molecule has 0 spiro atoms. The van der Waals surface area contributed by atoms with Crippen LogP contribution in [0.15, 0.2) is 260 Å². The molecule has 17 aromatic rings. The first-order valence-corrected chi connectivity index (χ1v) is 34.2. The van der Waals surface area contributed by atoms with Gasteiger partial charge >= 0.3 is 5.97 Å². The van der Waals surface area contributed by atoms with Crippen LogP contribution in [0.5, 0.6) is 0 Å². The fourth-order valence-corrected chi connectivity index (χ4v) is 14.7. The third-order valence-corrected chi connectivity index (χ3v) is 19.8. The average molecular weight is 1370 g/mol. The molecular formula is C86H48N18O2. The van der Waals surface area contributed by atoms with Gasteiger partial charge in [0.05, 0.1) is 0 Å². The molecule has 0 amide bonds. The minimum Gasteiger partial charge on any atom is -0.477 e. The Hall–Kier alpha value is -15.4. The van der Waals surface area contributed by atoms with Crippen molar-refractivity contribution in [2.24, 2.45) is 0 Å². The van der Waals surface area contributed by atoms with Crippen molar-refractivity contribution in [2.75, 3.05) is 4.90 Å². The molecule has 0 atom stereocenters. The van der Waals surface area contributed by atoms with E-state index in [2.05, 4.69) is 110 Å². The summed E-state index contributed by atoms with van der Waals surface area (Å²) in [7, 11) is 0. The molecule has 4 aliphatic rings. The number of aromatic amines is 4. The van der Waals surface area contributed by atoms with Crippen molar-refractivity contribution in [3.8, 4) is 119 Å². The lowest BCUT2D eigenvalue weighted by atomic mass is 9.98. The van der Waals surface area contributed by atoms with E-state index in [1.54, 1.807) is 18.2 Å². The lowest BCUT2D eigenvalue weighted by molar-refractivity contribution is -0.132. The number of carboxylic acid groups (broad SMARTS) is 1. The number of nitriles is 1. The molecule has 6 aromatic heterocycles. The summed E-state index contributed by atoms with van der Waals surface area (Å²) in [6.07, 6.45) is 1.36. The maximum Gasteiger partial charge on any atom is 0.346 e. The number of carboxylic acids is 1. The summed E-state index contributed by atoms with van der Waals surface area (Å²) in [6, 6.07) is 86.5. The Kier molecular flexibility index (Phi) is 13.1. The Morgan fingerprint density at radius 2 is 0.528 bits per heavy atom. The highest BCUT2D eigenvalue weighted by Crippen LogP contribution is 2.44. The van der Waals surface area contributed by atoms with Gasteiger partial charge in [-0.25, -0.2) is 64.6 Å². The molecule has 21 rings (SSSR count). The average Bonchev–Trinajstić information content (AvgIpc) is 1.61. The summed E-state index contributed by atoms with van der Waals surface area (Å²) in [5, 5.41) is 26.4. The minimum atomic E-state index is -1.30. The number of benzene rings is 11. The Labute approximate surface area is 599 Å². The van der Waals surface area contributed by atoms with Crippen LogP contribution in [0.2, 0.25) is 0 Å². The van der Waals surface area contributed by atoms with Gasteiger partial charge in [-0.2, -0.15) is 5.26 Å². The van der Waals surface area contributed by atoms with Crippen LogP contribution in [0.3, 0.4) is 0 Å². The lowest BCUT2D eigenvalue weighted by Crippen LogP contribution is -2.09. The van der Waals surface area contributed by atoms with E-state index in [-0.39, 0.29) is 5.57 Å². The maximum atomic E-state index is 12.0. The number of nitrogens with one attached hydrogen (secondary N) is 4. The predicted octanol–water partition coefficient (Wildman–Crippen LogP) is 18.8. The van der Waals surface area contributed by atoms with Gasteiger partial charge in [0.25, 0.3) is 0 Å². The van der Waals surface area contributed by atoms with E-state index in [1.165, 1.54) is 6.08 Å². The molecule has 0 unspecified atom stereocenters. The number of anilines is 3. The van der Waals surface area contributed by atoms with E-state index in [0.29, 0.717) is 97.3 Å². The third-order valence-electron chi connectivity index (χ3n) is 19.8. The van der Waals surface area contributed by atoms with Crippen molar-refractivity contribution < 1.29 is 9.90 Å². The second kappa shape index (κ2) is 23.4. The smallest absolute Gasteiger partial charge is 0.346 e. The Bertz CT molecular complexity index is 6760. The number of nitrogens with zero attached hydrogens (tertiary/aromatic N) is 14. The molecule has 20 heteroatoms. The van der Waals surface area contributed by atoms with Crippen molar-refractivity contribution in [2.45, 2.75) is 0 Å². The lowest BCUT2D eigenvalue weighted by Gasteiger charge is -2.26. The van der Waals surface area contributed by atoms with Crippen molar-refractivity contribution in [3.63, 3.8) is 0 Å². The molecule has 0 saturated carbocycles. The molecular weight excluding hydrogens is 1320 g/mol. The molecule has 11 aromatic carbocycles. The minimum absolute atomic E-state index is 0.372. The van der Waals surface area contributed by atoms with E-state index < -0.39 is 5.97 Å². The number of fused-ring (bicyclic) bond motifs is 40. The molecule has 10 heterocycles. The highest BCUT2D eigenvalue weighted by Gasteiger charge is 2.27. The van der Waals surface area contributed by atoms with Crippen LogP contribution in [-0.4, -0.2) is 90.8 Å². The zero-order valence-electron chi connectivity index (χ0n) is 55.4. The van der Waals surface area contributed by atoms with Crippen molar-refractivity contribution in [1.82, 2.24) is 79.7 Å². The number of aromatic nitrogens is 16. The molecule has 4 aliphatic heterocycles. The zero-order valence-corrected chi connectivity index (χ0v) is 55.4. The second-order valence-electron chi connectivity index (χ2n) is 26.0. The molecule has 16 bridgehead atoms. The standard InChI is InChI=1S/C86H48N18O2/c87-44-50(86(105)106)41-45-25-33-51(34-26-45)104(52-35-27-46(28-36-52)48-31-39-66-68(42-48)84-100-80-64-23-11-9-21-62(64)76(96-80)92-72-56-15-3-1-13-54(56)70(88-72)90-74-58-17-5-7-19-60(58)78(94-74)98-82(66)102-84)53-37-29-47(30-38-53)49-32-40-67-69(43-49)85-101-81-65-24-12-10-22-63(65)77(97-81)93-73-57-16-4-2-14-55(57)71(89-73)91-75-59-18-6-8-20-61(59)79(95-75)99-83(67)103-85/h1-43H,(H,105,106)(H2,88,90,92,94,96,98,100,102)(H2,89,91,93,95,97,99,101,103)/b50-41+. The molecule has 0 radical (unpaired) electrons. The van der Waals surface area contributed by atoms with E-state index >= 15 is 0 Å². The summed E-state index contributed by atoms with van der Waals surface area (Å²) >= 11 is 0. The second-order valence-corrected chi connectivity index (χ2v) is 26.0. The van der Waals surface area contributed by atoms with Gasteiger partial charge in [0, 0.05) is 105 Å². The Morgan fingerprint density at radius 3 is 0.792 bits per heavy atom. The molecule has 494 valence electrons. The van der Waals surface area contributed by atoms with E-state index in [0.717, 1.165) is 127 Å². The van der Waals surface area contributed by atoms with Gasteiger partial charge in [0.15, 0.2) is 46.6 Å². The van der Waals surface area contributed by atoms with Crippen molar-refractivity contribution in [3.05, 3.63) is 266 Å². The van der Waals surface area contributed by atoms with Crippen LogP contribution >= 0.6 is 0 Å². The molecule has 0 aliphatic carbocycles. The first kappa shape index (κ1) is 59.5. The van der Waals surface area contributed by atoms with Crippen LogP contribution < -0.4 is 4.90 Å². The molecule has 0 fully saturated rings. The summed E-state index contributed by atoms with van der Waals surface area (Å²) in [6.45, 7) is 0. The van der Waals surface area contributed by atoms with Crippen LogP contribution in [0.4, 0.5) is 17.1 Å². The number of hydrogen-bond donors (Lipinski definition) is 5. The Balaban J connectivity index is 0.671. The van der Waals surface area contributed by atoms with Crippen LogP contribution in [0.25, 0.3) is 208 Å². The monoisotopic (exact) mass is 1360 g/mol. The number of rotatable bonds is 7.